The summed E-state index contributed by atoms with van der Waals surface area (Å²) in [5.41, 5.74) is 0.840. The lowest BCUT2D eigenvalue weighted by molar-refractivity contribution is 0.0947. The first-order chi connectivity index (χ1) is 15.8. The van der Waals surface area contributed by atoms with Crippen molar-refractivity contribution in [1.29, 1.82) is 0 Å². The second-order valence-electron chi connectivity index (χ2n) is 6.87. The normalized spacial score (nSPS) is 12.0. The fourth-order valence-corrected chi connectivity index (χ4v) is 4.80. The quantitative estimate of drug-likeness (QED) is 0.437. The number of carbonyl (C=O) groups excluding carboxylic acids is 1. The number of nitrogens with one attached hydrogen (secondary N) is 2. The zero-order chi connectivity index (χ0) is 24.0. The molecule has 10 heteroatoms. The van der Waals surface area contributed by atoms with E-state index in [9.17, 15) is 17.6 Å². The average Bonchev–Trinajstić information content (AvgIpc) is 2.81. The van der Waals surface area contributed by atoms with Gasteiger partial charge in [0.05, 0.1) is 35.6 Å². The monoisotopic (exact) mass is 489 g/mol. The molecule has 0 fully saturated rings. The number of sulfone groups is 1. The molecule has 0 spiro atoms. The van der Waals surface area contributed by atoms with Crippen molar-refractivity contribution in [2.24, 2.45) is 0 Å². The van der Waals surface area contributed by atoms with Crippen LogP contribution < -0.4 is 15.4 Å². The Morgan fingerprint density at radius 2 is 2.00 bits per heavy atom. The first kappa shape index (κ1) is 24.2. The number of benzene rings is 2. The minimum Gasteiger partial charge on any atom is -0.495 e. The Labute approximate surface area is 196 Å². The van der Waals surface area contributed by atoms with Gasteiger partial charge in [-0.05, 0) is 29.8 Å². The summed E-state index contributed by atoms with van der Waals surface area (Å²) >= 11 is 6.00. The minimum absolute atomic E-state index is 0.00898. The highest BCUT2D eigenvalue weighted by Gasteiger charge is 2.29. The number of anilines is 1. The molecule has 0 bridgehead atoms. The van der Waals surface area contributed by atoms with Crippen LogP contribution in [0, 0.1) is 5.82 Å². The van der Waals surface area contributed by atoms with Crippen molar-refractivity contribution in [2.75, 3.05) is 12.4 Å². The predicted octanol–water partition coefficient (Wildman–Crippen LogP) is 4.21. The van der Waals surface area contributed by atoms with Crippen LogP contribution in [0.4, 0.5) is 10.1 Å². The molecule has 3 rings (SSSR count). The highest BCUT2D eigenvalue weighted by atomic mass is 35.5. The summed E-state index contributed by atoms with van der Waals surface area (Å²) in [5, 5.41) is 4.38. The van der Waals surface area contributed by atoms with Crippen LogP contribution in [-0.4, -0.2) is 31.8 Å². The van der Waals surface area contributed by atoms with Gasteiger partial charge in [0.15, 0.2) is 5.37 Å². The summed E-state index contributed by atoms with van der Waals surface area (Å²) in [7, 11) is -2.61. The molecule has 2 N–H and O–H groups in total. The minimum atomic E-state index is -4.08. The average molecular weight is 490 g/mol. The first-order valence-corrected chi connectivity index (χ1v) is 11.6. The van der Waals surface area contributed by atoms with Crippen LogP contribution >= 0.6 is 11.6 Å². The maximum atomic E-state index is 13.4. The molecule has 0 saturated heterocycles. The number of aromatic nitrogens is 1. The molecular formula is C23H21ClFN3O4S. The van der Waals surface area contributed by atoms with Crippen LogP contribution in [0.25, 0.3) is 0 Å². The molecule has 3 aromatic rings. The summed E-state index contributed by atoms with van der Waals surface area (Å²) in [4.78, 5) is 16.7. The Kier molecular flexibility index (Phi) is 7.67. The molecular weight excluding hydrogens is 469 g/mol. The second-order valence-corrected chi connectivity index (χ2v) is 9.32. The smallest absolute Gasteiger partial charge is 0.252 e. The number of halogens is 2. The number of ether oxygens (including phenoxy) is 1. The number of carbonyl (C=O) groups is 1. The van der Waals surface area contributed by atoms with Gasteiger partial charge in [-0.25, -0.2) is 12.8 Å². The summed E-state index contributed by atoms with van der Waals surface area (Å²) in [6, 6.07) is 11.2. The van der Waals surface area contributed by atoms with Gasteiger partial charge >= 0.3 is 0 Å². The molecule has 2 aromatic carbocycles. The van der Waals surface area contributed by atoms with Gasteiger partial charge in [-0.2, -0.15) is 0 Å². The van der Waals surface area contributed by atoms with Crippen LogP contribution in [0.2, 0.25) is 5.02 Å². The number of hydrogen-bond donors (Lipinski definition) is 2. The third kappa shape index (κ3) is 5.68. The van der Waals surface area contributed by atoms with Gasteiger partial charge in [-0.1, -0.05) is 42.5 Å². The molecule has 1 heterocycles. The van der Waals surface area contributed by atoms with Gasteiger partial charge in [-0.15, -0.1) is 0 Å². The predicted molar refractivity (Wildman–Crippen MR) is 125 cm³/mol. The van der Waals surface area contributed by atoms with Crippen molar-refractivity contribution in [3.8, 4) is 5.75 Å². The molecule has 0 aliphatic carbocycles. The van der Waals surface area contributed by atoms with E-state index in [-0.39, 0.29) is 22.0 Å². The van der Waals surface area contributed by atoms with Crippen molar-refractivity contribution in [3.05, 3.63) is 95.5 Å². The SMILES string of the molecule is C=CC(Nc1cncc(OC)c1)S(=O)(=O)c1ccccc1C(=O)NCc1ccc(F)cc1Cl. The van der Waals surface area contributed by atoms with Gasteiger partial charge in [0.1, 0.15) is 11.6 Å². The summed E-state index contributed by atoms with van der Waals surface area (Å²) in [5.74, 6) is -0.680. The van der Waals surface area contributed by atoms with Gasteiger partial charge in [0.2, 0.25) is 9.84 Å². The Morgan fingerprint density at radius 1 is 1.24 bits per heavy atom. The summed E-state index contributed by atoms with van der Waals surface area (Å²) in [6.07, 6.45) is 4.15. The first-order valence-electron chi connectivity index (χ1n) is 9.69. The molecule has 172 valence electrons. The van der Waals surface area contributed by atoms with E-state index in [1.807, 2.05) is 0 Å². The fourth-order valence-electron chi connectivity index (χ4n) is 3.01. The van der Waals surface area contributed by atoms with Crippen molar-refractivity contribution in [2.45, 2.75) is 16.8 Å². The molecule has 0 radical (unpaired) electrons. The molecule has 1 atom stereocenters. The van der Waals surface area contributed by atoms with E-state index >= 15 is 0 Å². The maximum absolute atomic E-state index is 13.4. The standard InChI is InChI=1S/C23H21ClFN3O4S/c1-3-22(28-17-11-18(32-2)14-26-13-17)33(30,31)21-7-5-4-6-19(21)23(29)27-12-15-8-9-16(25)10-20(15)24/h3-11,13-14,22,28H,1,12H2,2H3,(H,27,29). The summed E-state index contributed by atoms with van der Waals surface area (Å²) < 4.78 is 45.1. The molecule has 1 unspecified atom stereocenters. The van der Waals surface area contributed by atoms with Crippen molar-refractivity contribution in [1.82, 2.24) is 10.3 Å². The highest BCUT2D eigenvalue weighted by Crippen LogP contribution is 2.24. The third-order valence-corrected chi connectivity index (χ3v) is 7.00. The van der Waals surface area contributed by atoms with Crippen LogP contribution in [0.1, 0.15) is 15.9 Å². The van der Waals surface area contributed by atoms with Crippen LogP contribution in [-0.2, 0) is 16.4 Å². The zero-order valence-electron chi connectivity index (χ0n) is 17.6. The topological polar surface area (TPSA) is 97.4 Å². The van der Waals surface area contributed by atoms with E-state index in [0.29, 0.717) is 17.0 Å². The Bertz CT molecular complexity index is 1280. The Hall–Kier alpha value is -3.43. The molecule has 7 nitrogen and oxygen atoms in total. The fraction of sp³-hybridized carbons (Fsp3) is 0.130. The van der Waals surface area contributed by atoms with Gasteiger partial charge < -0.3 is 15.4 Å². The molecule has 33 heavy (non-hydrogen) atoms. The molecule has 0 aliphatic heterocycles. The lowest BCUT2D eigenvalue weighted by atomic mass is 10.2. The number of pyridine rings is 1. The third-order valence-electron chi connectivity index (χ3n) is 4.70. The number of hydrogen-bond acceptors (Lipinski definition) is 6. The van der Waals surface area contributed by atoms with Gasteiger partial charge in [0, 0.05) is 17.6 Å². The molecule has 0 saturated carbocycles. The number of methoxy groups -OCH3 is 1. The Morgan fingerprint density at radius 3 is 2.70 bits per heavy atom. The maximum Gasteiger partial charge on any atom is 0.252 e. The van der Waals surface area contributed by atoms with Crippen molar-refractivity contribution >= 4 is 33.0 Å². The van der Waals surface area contributed by atoms with Crippen LogP contribution in [0.15, 0.2) is 78.5 Å². The van der Waals surface area contributed by atoms with E-state index in [2.05, 4.69) is 22.2 Å². The lowest BCUT2D eigenvalue weighted by Crippen LogP contribution is -2.31. The van der Waals surface area contributed by atoms with E-state index in [0.717, 1.165) is 6.07 Å². The van der Waals surface area contributed by atoms with E-state index in [1.165, 1.54) is 55.9 Å². The lowest BCUT2D eigenvalue weighted by Gasteiger charge is -2.19. The second kappa shape index (κ2) is 10.5. The Balaban J connectivity index is 1.86. The molecule has 1 amide bonds. The number of nitrogens with zero attached hydrogens (tertiary/aromatic N) is 1. The number of rotatable bonds is 9. The van der Waals surface area contributed by atoms with Crippen molar-refractivity contribution < 1.29 is 22.3 Å². The molecule has 0 aliphatic rings. The van der Waals surface area contributed by atoms with Crippen molar-refractivity contribution in [3.63, 3.8) is 0 Å². The van der Waals surface area contributed by atoms with E-state index < -0.39 is 26.9 Å². The van der Waals surface area contributed by atoms with Crippen LogP contribution in [0.5, 0.6) is 5.75 Å². The number of amides is 1. The van der Waals surface area contributed by atoms with E-state index in [1.54, 1.807) is 12.1 Å². The largest absolute Gasteiger partial charge is 0.495 e. The van der Waals surface area contributed by atoms with Gasteiger partial charge in [0.25, 0.3) is 5.91 Å². The summed E-state index contributed by atoms with van der Waals surface area (Å²) in [6.45, 7) is 3.61. The van der Waals surface area contributed by atoms with Gasteiger partial charge in [-0.3, -0.25) is 9.78 Å². The van der Waals surface area contributed by atoms with E-state index in [4.69, 9.17) is 16.3 Å². The highest BCUT2D eigenvalue weighted by molar-refractivity contribution is 7.92. The zero-order valence-corrected chi connectivity index (χ0v) is 19.2. The van der Waals surface area contributed by atoms with Crippen LogP contribution in [0.3, 0.4) is 0 Å². The molecule has 1 aromatic heterocycles.